The Morgan fingerprint density at radius 3 is 2.89 bits per heavy atom. The van der Waals surface area contributed by atoms with Crippen LogP contribution in [0.2, 0.25) is 0 Å². The summed E-state index contributed by atoms with van der Waals surface area (Å²) in [5, 5.41) is 9.59. The summed E-state index contributed by atoms with van der Waals surface area (Å²) in [6.07, 6.45) is 0.731. The number of esters is 1. The first kappa shape index (κ1) is 13.3. The Balaban J connectivity index is 2.30. The van der Waals surface area contributed by atoms with Gasteiger partial charge in [-0.2, -0.15) is 0 Å². The lowest BCUT2D eigenvalue weighted by Gasteiger charge is -2.21. The van der Waals surface area contributed by atoms with Crippen molar-refractivity contribution in [3.63, 3.8) is 0 Å². The van der Waals surface area contributed by atoms with Gasteiger partial charge in [-0.05, 0) is 12.1 Å². The average molecular weight is 266 g/mol. The fourth-order valence-electron chi connectivity index (χ4n) is 2.14. The molecular weight excluding hydrogens is 252 g/mol. The summed E-state index contributed by atoms with van der Waals surface area (Å²) in [7, 11) is 1.21. The van der Waals surface area contributed by atoms with Crippen molar-refractivity contribution in [3.05, 3.63) is 34.2 Å². The molecule has 0 aliphatic carbocycles. The number of hydrogen-bond donors (Lipinski definition) is 2. The van der Waals surface area contributed by atoms with Gasteiger partial charge in [0.1, 0.15) is 11.6 Å². The number of ether oxygens (including phenoxy) is 1. The highest BCUT2D eigenvalue weighted by Crippen LogP contribution is 2.20. The number of pyridine rings is 1. The molecule has 1 saturated heterocycles. The minimum Gasteiger partial charge on any atom is -0.467 e. The molecule has 0 bridgehead atoms. The molecular formula is C12H14N2O5. The first-order valence-corrected chi connectivity index (χ1v) is 5.79. The zero-order chi connectivity index (χ0) is 14.0. The molecule has 0 aromatic carbocycles. The van der Waals surface area contributed by atoms with Crippen molar-refractivity contribution in [2.75, 3.05) is 13.7 Å². The molecule has 2 N–H and O–H groups in total. The van der Waals surface area contributed by atoms with E-state index in [1.54, 1.807) is 0 Å². The molecule has 7 nitrogen and oxygen atoms in total. The van der Waals surface area contributed by atoms with Gasteiger partial charge >= 0.3 is 5.97 Å². The molecule has 0 spiro atoms. The number of likely N-dealkylation sites (tertiary alicyclic amines) is 1. The number of carbonyl (C=O) groups is 2. The summed E-state index contributed by atoms with van der Waals surface area (Å²) in [6, 6.07) is 2.04. The third-order valence-electron chi connectivity index (χ3n) is 3.06. The largest absolute Gasteiger partial charge is 0.467 e. The van der Waals surface area contributed by atoms with Gasteiger partial charge in [-0.25, -0.2) is 4.79 Å². The van der Waals surface area contributed by atoms with Gasteiger partial charge in [0.25, 0.3) is 11.5 Å². The number of aliphatic hydroxyl groups is 1. The molecule has 2 rings (SSSR count). The minimum atomic E-state index is -0.855. The van der Waals surface area contributed by atoms with Crippen molar-refractivity contribution in [1.82, 2.24) is 9.88 Å². The van der Waals surface area contributed by atoms with E-state index in [1.807, 2.05) is 0 Å². The van der Waals surface area contributed by atoms with E-state index in [1.165, 1.54) is 30.3 Å². The lowest BCUT2D eigenvalue weighted by molar-refractivity contribution is -0.145. The summed E-state index contributed by atoms with van der Waals surface area (Å²) >= 11 is 0. The summed E-state index contributed by atoms with van der Waals surface area (Å²) in [6.45, 7) is 0.00688. The van der Waals surface area contributed by atoms with E-state index in [2.05, 4.69) is 9.72 Å². The lowest BCUT2D eigenvalue weighted by Crippen LogP contribution is -2.43. The minimum absolute atomic E-state index is 0.00688. The fourth-order valence-corrected chi connectivity index (χ4v) is 2.14. The highest BCUT2D eigenvalue weighted by atomic mass is 16.5. The van der Waals surface area contributed by atoms with Crippen LogP contribution in [0.4, 0.5) is 0 Å². The van der Waals surface area contributed by atoms with Gasteiger partial charge in [0.2, 0.25) is 0 Å². The van der Waals surface area contributed by atoms with Crippen LogP contribution in [0.5, 0.6) is 0 Å². The van der Waals surface area contributed by atoms with E-state index in [-0.39, 0.29) is 18.5 Å². The standard InChI is InChI=1S/C12H14N2O5/c1-19-12(18)9-5-7(15)6-14(9)11(17)8-3-2-4-13-10(8)16/h2-4,7,9,15H,5-6H2,1H3,(H,13,16). The summed E-state index contributed by atoms with van der Waals surface area (Å²) < 4.78 is 4.60. The number of rotatable bonds is 2. The van der Waals surface area contributed by atoms with Crippen molar-refractivity contribution >= 4 is 11.9 Å². The molecule has 0 radical (unpaired) electrons. The Morgan fingerprint density at radius 2 is 2.26 bits per heavy atom. The van der Waals surface area contributed by atoms with Crippen LogP contribution in [0, 0.1) is 0 Å². The van der Waals surface area contributed by atoms with Gasteiger partial charge in [0.15, 0.2) is 0 Å². The van der Waals surface area contributed by atoms with Gasteiger partial charge in [-0.3, -0.25) is 9.59 Å². The van der Waals surface area contributed by atoms with Crippen molar-refractivity contribution in [2.24, 2.45) is 0 Å². The molecule has 1 aliphatic heterocycles. The Labute approximate surface area is 108 Å². The van der Waals surface area contributed by atoms with Crippen LogP contribution in [0.1, 0.15) is 16.8 Å². The van der Waals surface area contributed by atoms with E-state index in [4.69, 9.17) is 0 Å². The summed E-state index contributed by atoms with van der Waals surface area (Å²) in [5.41, 5.74) is -0.594. The maximum Gasteiger partial charge on any atom is 0.328 e. The molecule has 0 saturated carbocycles. The van der Waals surface area contributed by atoms with Gasteiger partial charge in [-0.1, -0.05) is 0 Å². The van der Waals surface area contributed by atoms with Crippen LogP contribution in [-0.2, 0) is 9.53 Å². The molecule has 2 unspecified atom stereocenters. The predicted molar refractivity (Wildman–Crippen MR) is 64.5 cm³/mol. The number of aromatic nitrogens is 1. The molecule has 2 heterocycles. The van der Waals surface area contributed by atoms with E-state index >= 15 is 0 Å². The SMILES string of the molecule is COC(=O)C1CC(O)CN1C(=O)c1ccc[nH]c1=O. The Hall–Kier alpha value is -2.15. The predicted octanol–water partition coefficient (Wildman–Crippen LogP) is -0.877. The Kier molecular flexibility index (Phi) is 3.66. The third-order valence-corrected chi connectivity index (χ3v) is 3.06. The molecule has 19 heavy (non-hydrogen) atoms. The van der Waals surface area contributed by atoms with Crippen molar-refractivity contribution in [3.8, 4) is 0 Å². The van der Waals surface area contributed by atoms with Crippen molar-refractivity contribution in [1.29, 1.82) is 0 Å². The maximum absolute atomic E-state index is 12.2. The Bertz CT molecular complexity index is 553. The normalized spacial score (nSPS) is 22.3. The van der Waals surface area contributed by atoms with Gasteiger partial charge in [0.05, 0.1) is 13.2 Å². The number of nitrogens with one attached hydrogen (secondary N) is 1. The summed E-state index contributed by atoms with van der Waals surface area (Å²) in [4.78, 5) is 38.9. The quantitative estimate of drug-likeness (QED) is 0.677. The number of carbonyl (C=O) groups excluding carboxylic acids is 2. The molecule has 1 aromatic heterocycles. The van der Waals surface area contributed by atoms with Gasteiger partial charge in [-0.15, -0.1) is 0 Å². The van der Waals surface area contributed by atoms with Crippen molar-refractivity contribution in [2.45, 2.75) is 18.6 Å². The van der Waals surface area contributed by atoms with E-state index in [0.29, 0.717) is 0 Å². The highest BCUT2D eigenvalue weighted by Gasteiger charge is 2.40. The molecule has 1 fully saturated rings. The molecule has 2 atom stereocenters. The number of hydrogen-bond acceptors (Lipinski definition) is 5. The monoisotopic (exact) mass is 266 g/mol. The number of aromatic amines is 1. The van der Waals surface area contributed by atoms with Crippen molar-refractivity contribution < 1.29 is 19.4 Å². The second-order valence-electron chi connectivity index (χ2n) is 4.30. The molecule has 1 aliphatic rings. The van der Waals surface area contributed by atoms with Crippen LogP contribution >= 0.6 is 0 Å². The smallest absolute Gasteiger partial charge is 0.328 e. The van der Waals surface area contributed by atoms with Crippen LogP contribution in [0.15, 0.2) is 23.1 Å². The maximum atomic E-state index is 12.2. The number of nitrogens with zero attached hydrogens (tertiary/aromatic N) is 1. The average Bonchev–Trinajstić information content (AvgIpc) is 2.79. The Morgan fingerprint density at radius 1 is 1.53 bits per heavy atom. The number of β-amino-alcohol motifs (C(OH)–C–C–N with tert-alkyl or cyclic N) is 1. The first-order valence-electron chi connectivity index (χ1n) is 5.79. The van der Waals surface area contributed by atoms with E-state index in [0.717, 1.165) is 0 Å². The molecule has 102 valence electrons. The lowest BCUT2D eigenvalue weighted by atomic mass is 10.2. The van der Waals surface area contributed by atoms with E-state index < -0.39 is 29.6 Å². The van der Waals surface area contributed by atoms with E-state index in [9.17, 15) is 19.5 Å². The zero-order valence-electron chi connectivity index (χ0n) is 10.3. The van der Waals surface area contributed by atoms with Crippen LogP contribution < -0.4 is 5.56 Å². The second kappa shape index (κ2) is 5.23. The fraction of sp³-hybridized carbons (Fsp3) is 0.417. The number of methoxy groups -OCH3 is 1. The first-order chi connectivity index (χ1) is 9.04. The highest BCUT2D eigenvalue weighted by molar-refractivity contribution is 5.96. The van der Waals surface area contributed by atoms with Gasteiger partial charge < -0.3 is 19.7 Å². The zero-order valence-corrected chi connectivity index (χ0v) is 10.3. The summed E-state index contributed by atoms with van der Waals surface area (Å²) in [5.74, 6) is -1.19. The van der Waals surface area contributed by atoms with Crippen LogP contribution in [-0.4, -0.2) is 52.7 Å². The van der Waals surface area contributed by atoms with Crippen LogP contribution in [0.25, 0.3) is 0 Å². The number of amides is 1. The molecule has 1 aromatic rings. The second-order valence-corrected chi connectivity index (χ2v) is 4.30. The van der Waals surface area contributed by atoms with Gasteiger partial charge in [0, 0.05) is 19.2 Å². The molecule has 1 amide bonds. The number of aliphatic hydroxyl groups excluding tert-OH is 1. The van der Waals surface area contributed by atoms with Crippen LogP contribution in [0.3, 0.4) is 0 Å². The topological polar surface area (TPSA) is 99.7 Å². The number of H-pyrrole nitrogens is 1. The third kappa shape index (κ3) is 2.50. The molecule has 7 heteroatoms.